The first-order valence-electron chi connectivity index (χ1n) is 9.55. The van der Waals surface area contributed by atoms with E-state index in [2.05, 4.69) is 0 Å². The maximum atomic E-state index is 13.3. The average Bonchev–Trinajstić information content (AvgIpc) is 2.77. The van der Waals surface area contributed by atoms with Gasteiger partial charge >= 0.3 is 0 Å². The van der Waals surface area contributed by atoms with E-state index in [0.29, 0.717) is 41.8 Å². The summed E-state index contributed by atoms with van der Waals surface area (Å²) in [6.45, 7) is 0.778. The van der Waals surface area contributed by atoms with Gasteiger partial charge in [0.15, 0.2) is 5.78 Å². The highest BCUT2D eigenvalue weighted by Gasteiger charge is 2.43. The minimum Gasteiger partial charge on any atom is -0.497 e. The summed E-state index contributed by atoms with van der Waals surface area (Å²) in [7, 11) is 1.61. The average molecular weight is 388 g/mol. The summed E-state index contributed by atoms with van der Waals surface area (Å²) in [5, 5.41) is 0. The van der Waals surface area contributed by atoms with Crippen LogP contribution in [0.15, 0.2) is 66.7 Å². The van der Waals surface area contributed by atoms with Crippen LogP contribution in [0.5, 0.6) is 23.0 Å². The summed E-state index contributed by atoms with van der Waals surface area (Å²) >= 11 is 0. The van der Waals surface area contributed by atoms with E-state index in [-0.39, 0.29) is 11.9 Å². The molecule has 5 rings (SSSR count). The van der Waals surface area contributed by atoms with Gasteiger partial charge in [-0.2, -0.15) is 0 Å². The van der Waals surface area contributed by atoms with E-state index in [4.69, 9.17) is 18.9 Å². The Morgan fingerprint density at radius 2 is 1.79 bits per heavy atom. The minimum absolute atomic E-state index is 0.0312. The Labute approximate surface area is 168 Å². The second-order valence-electron chi connectivity index (χ2n) is 7.15. The highest BCUT2D eigenvalue weighted by molar-refractivity contribution is 6.05. The van der Waals surface area contributed by atoms with E-state index in [0.717, 1.165) is 11.1 Å². The Bertz CT molecular complexity index is 1060. The van der Waals surface area contributed by atoms with Crippen LogP contribution in [0.4, 0.5) is 0 Å². The topological polar surface area (TPSA) is 54.0 Å². The van der Waals surface area contributed by atoms with Gasteiger partial charge in [0.2, 0.25) is 0 Å². The fourth-order valence-corrected chi connectivity index (χ4v) is 3.87. The molecule has 0 amide bonds. The van der Waals surface area contributed by atoms with Gasteiger partial charge in [-0.25, -0.2) is 0 Å². The highest BCUT2D eigenvalue weighted by Crippen LogP contribution is 2.44. The highest BCUT2D eigenvalue weighted by atomic mass is 16.5. The van der Waals surface area contributed by atoms with Crippen LogP contribution < -0.4 is 18.9 Å². The van der Waals surface area contributed by atoms with Crippen LogP contribution in [-0.2, 0) is 6.61 Å². The quantitative estimate of drug-likeness (QED) is 0.663. The molecule has 5 heteroatoms. The molecule has 0 saturated carbocycles. The first kappa shape index (κ1) is 17.6. The standard InChI is InChI=1S/C24H20O5/c1-26-16-8-10-20-19(11-16)23-22(14-28-20)29-21-12-17(7-9-18(21)24(23)25)27-13-15-5-3-2-4-6-15/h2-12,22-23H,13-14H2,1H3/t22-,23+/m1/s1. The van der Waals surface area contributed by atoms with Crippen molar-refractivity contribution in [1.29, 1.82) is 0 Å². The Balaban J connectivity index is 1.42. The van der Waals surface area contributed by atoms with Crippen LogP contribution in [0.3, 0.4) is 0 Å². The molecule has 0 spiro atoms. The number of carbonyl (C=O) groups excluding carboxylic acids is 1. The molecule has 2 aliphatic heterocycles. The van der Waals surface area contributed by atoms with E-state index in [1.165, 1.54) is 0 Å². The Morgan fingerprint density at radius 3 is 2.62 bits per heavy atom. The van der Waals surface area contributed by atoms with E-state index in [1.54, 1.807) is 19.2 Å². The van der Waals surface area contributed by atoms with E-state index >= 15 is 0 Å². The Morgan fingerprint density at radius 1 is 0.966 bits per heavy atom. The number of rotatable bonds is 4. The fourth-order valence-electron chi connectivity index (χ4n) is 3.87. The summed E-state index contributed by atoms with van der Waals surface area (Å²) in [5.74, 6) is 2.22. The van der Waals surface area contributed by atoms with Gasteiger partial charge in [-0.3, -0.25) is 4.79 Å². The van der Waals surface area contributed by atoms with Gasteiger partial charge in [0.05, 0.1) is 18.6 Å². The molecule has 3 aromatic carbocycles. The predicted molar refractivity (Wildman–Crippen MR) is 107 cm³/mol. The number of methoxy groups -OCH3 is 1. The van der Waals surface area contributed by atoms with Crippen LogP contribution in [0, 0.1) is 0 Å². The molecule has 5 nitrogen and oxygen atoms in total. The van der Waals surface area contributed by atoms with Crippen LogP contribution in [0.1, 0.15) is 27.4 Å². The lowest BCUT2D eigenvalue weighted by Crippen LogP contribution is -2.42. The zero-order valence-electron chi connectivity index (χ0n) is 16.0. The van der Waals surface area contributed by atoms with Crippen molar-refractivity contribution >= 4 is 5.78 Å². The second kappa shape index (κ2) is 7.17. The molecule has 0 radical (unpaired) electrons. The molecule has 3 aromatic rings. The van der Waals surface area contributed by atoms with Crippen LogP contribution in [0.2, 0.25) is 0 Å². The molecular formula is C24H20O5. The Hall–Kier alpha value is -3.47. The summed E-state index contributed by atoms with van der Waals surface area (Å²) < 4.78 is 23.2. The van der Waals surface area contributed by atoms with Crippen molar-refractivity contribution in [2.24, 2.45) is 0 Å². The van der Waals surface area contributed by atoms with E-state index < -0.39 is 5.92 Å². The van der Waals surface area contributed by atoms with Crippen LogP contribution >= 0.6 is 0 Å². The fraction of sp³-hybridized carbons (Fsp3) is 0.208. The monoisotopic (exact) mass is 388 g/mol. The molecule has 0 aromatic heterocycles. The number of carbonyl (C=O) groups is 1. The van der Waals surface area contributed by atoms with Gasteiger partial charge in [-0.05, 0) is 35.9 Å². The van der Waals surface area contributed by atoms with Gasteiger partial charge in [-0.1, -0.05) is 30.3 Å². The third kappa shape index (κ3) is 3.18. The third-order valence-corrected chi connectivity index (χ3v) is 5.35. The lowest BCUT2D eigenvalue weighted by atomic mass is 9.82. The SMILES string of the molecule is COc1ccc2c(c1)[C@@H]1C(=O)c3ccc(OCc4ccccc4)cc3O[C@@H]1CO2. The van der Waals surface area contributed by atoms with E-state index in [1.807, 2.05) is 54.6 Å². The van der Waals surface area contributed by atoms with Crippen molar-refractivity contribution in [3.8, 4) is 23.0 Å². The molecule has 2 aliphatic rings. The zero-order chi connectivity index (χ0) is 19.8. The predicted octanol–water partition coefficient (Wildman–Crippen LogP) is 4.39. The van der Waals surface area contributed by atoms with Crippen molar-refractivity contribution in [2.75, 3.05) is 13.7 Å². The molecule has 2 heterocycles. The van der Waals surface area contributed by atoms with Crippen molar-refractivity contribution < 1.29 is 23.7 Å². The van der Waals surface area contributed by atoms with Gasteiger partial charge in [0.1, 0.15) is 42.3 Å². The van der Waals surface area contributed by atoms with Gasteiger partial charge < -0.3 is 18.9 Å². The Kier molecular flexibility index (Phi) is 4.35. The van der Waals surface area contributed by atoms with Gasteiger partial charge in [-0.15, -0.1) is 0 Å². The number of fused-ring (bicyclic) bond motifs is 4. The number of benzene rings is 3. The van der Waals surface area contributed by atoms with Gasteiger partial charge in [0.25, 0.3) is 0 Å². The normalized spacial score (nSPS) is 19.1. The number of ether oxygens (including phenoxy) is 4. The molecule has 146 valence electrons. The smallest absolute Gasteiger partial charge is 0.178 e. The number of hydrogen-bond acceptors (Lipinski definition) is 5. The van der Waals surface area contributed by atoms with Crippen molar-refractivity contribution in [2.45, 2.75) is 18.6 Å². The van der Waals surface area contributed by atoms with Crippen molar-refractivity contribution in [1.82, 2.24) is 0 Å². The summed E-state index contributed by atoms with van der Waals surface area (Å²) in [4.78, 5) is 13.3. The maximum Gasteiger partial charge on any atom is 0.178 e. The van der Waals surface area contributed by atoms with Crippen LogP contribution in [0.25, 0.3) is 0 Å². The summed E-state index contributed by atoms with van der Waals surface area (Å²) in [5.41, 5.74) is 2.45. The molecule has 0 unspecified atom stereocenters. The first-order chi connectivity index (χ1) is 14.2. The minimum atomic E-state index is -0.405. The summed E-state index contributed by atoms with van der Waals surface area (Å²) in [6.07, 6.45) is -0.376. The lowest BCUT2D eigenvalue weighted by Gasteiger charge is -2.37. The molecule has 0 saturated heterocycles. The largest absolute Gasteiger partial charge is 0.497 e. The molecule has 0 bridgehead atoms. The zero-order valence-corrected chi connectivity index (χ0v) is 16.0. The summed E-state index contributed by atoms with van der Waals surface area (Å²) in [6, 6.07) is 20.8. The molecular weight excluding hydrogens is 368 g/mol. The van der Waals surface area contributed by atoms with Crippen molar-refractivity contribution in [3.05, 3.63) is 83.4 Å². The lowest BCUT2D eigenvalue weighted by molar-refractivity contribution is 0.0558. The van der Waals surface area contributed by atoms with Gasteiger partial charge in [0, 0.05) is 11.6 Å². The first-order valence-corrected chi connectivity index (χ1v) is 9.55. The van der Waals surface area contributed by atoms with Crippen molar-refractivity contribution in [3.63, 3.8) is 0 Å². The molecule has 2 atom stereocenters. The molecule has 0 fully saturated rings. The number of ketones is 1. The number of hydrogen-bond donors (Lipinski definition) is 0. The van der Waals surface area contributed by atoms with E-state index in [9.17, 15) is 4.79 Å². The second-order valence-corrected chi connectivity index (χ2v) is 7.15. The molecule has 0 aliphatic carbocycles. The number of Topliss-reactive ketones (excluding diaryl/α,β-unsaturated/α-hetero) is 1. The maximum absolute atomic E-state index is 13.3. The third-order valence-electron chi connectivity index (χ3n) is 5.35. The van der Waals surface area contributed by atoms with Crippen LogP contribution in [-0.4, -0.2) is 25.6 Å². The molecule has 0 N–H and O–H groups in total. The molecule has 29 heavy (non-hydrogen) atoms.